The van der Waals surface area contributed by atoms with Gasteiger partial charge in [0.15, 0.2) is 5.96 Å². The van der Waals surface area contributed by atoms with Crippen molar-refractivity contribution in [2.24, 2.45) is 16.3 Å². The largest absolute Gasteiger partial charge is 0.380 e. The molecule has 23 heavy (non-hydrogen) atoms. The van der Waals surface area contributed by atoms with Gasteiger partial charge in [-0.2, -0.15) is 0 Å². The maximum absolute atomic E-state index is 5.31. The Labute approximate surface area is 159 Å². The molecule has 2 N–H and O–H groups in total. The third kappa shape index (κ3) is 7.59. The van der Waals surface area contributed by atoms with Crippen molar-refractivity contribution in [3.63, 3.8) is 0 Å². The van der Waals surface area contributed by atoms with E-state index in [1.807, 2.05) is 0 Å². The molecule has 0 bridgehead atoms. The summed E-state index contributed by atoms with van der Waals surface area (Å²) >= 11 is 0. The van der Waals surface area contributed by atoms with Crippen molar-refractivity contribution in [3.05, 3.63) is 0 Å². The Morgan fingerprint density at radius 3 is 2.52 bits per heavy atom. The third-order valence-electron chi connectivity index (χ3n) is 4.98. The first-order valence-electron chi connectivity index (χ1n) is 9.24. The zero-order valence-electron chi connectivity index (χ0n) is 15.2. The maximum Gasteiger partial charge on any atom is 0.191 e. The van der Waals surface area contributed by atoms with Gasteiger partial charge in [0, 0.05) is 18.0 Å². The minimum absolute atomic E-state index is 0. The number of hydrogen-bond acceptors (Lipinski definition) is 2. The van der Waals surface area contributed by atoms with Crippen LogP contribution in [-0.2, 0) is 4.74 Å². The van der Waals surface area contributed by atoms with Gasteiger partial charge >= 0.3 is 0 Å². The number of nitrogens with zero attached hydrogens (tertiary/aromatic N) is 1. The van der Waals surface area contributed by atoms with Gasteiger partial charge in [0.05, 0.1) is 19.8 Å². The van der Waals surface area contributed by atoms with Crippen LogP contribution in [0.1, 0.15) is 65.7 Å². The number of guanidine groups is 1. The quantitative estimate of drug-likeness (QED) is 0.360. The maximum atomic E-state index is 5.31. The molecular formula is C18H36IN3O. The van der Waals surface area contributed by atoms with E-state index in [4.69, 9.17) is 9.73 Å². The zero-order valence-corrected chi connectivity index (χ0v) is 17.5. The molecule has 0 radical (unpaired) electrons. The first-order chi connectivity index (χ1) is 10.6. The lowest BCUT2D eigenvalue weighted by Gasteiger charge is -2.36. The first-order valence-corrected chi connectivity index (χ1v) is 9.24. The molecule has 0 aromatic rings. The number of ether oxygens (including phenoxy) is 1. The molecule has 2 rings (SSSR count). The van der Waals surface area contributed by atoms with Crippen molar-refractivity contribution in [2.75, 3.05) is 26.3 Å². The van der Waals surface area contributed by atoms with Crippen molar-refractivity contribution in [1.82, 2.24) is 10.6 Å². The van der Waals surface area contributed by atoms with Crippen molar-refractivity contribution in [2.45, 2.75) is 71.8 Å². The predicted octanol–water partition coefficient (Wildman–Crippen LogP) is 3.95. The molecule has 1 aliphatic carbocycles. The van der Waals surface area contributed by atoms with Gasteiger partial charge in [-0.25, -0.2) is 0 Å². The van der Waals surface area contributed by atoms with Crippen LogP contribution < -0.4 is 10.6 Å². The fourth-order valence-electron chi connectivity index (χ4n) is 3.40. The molecule has 1 aliphatic heterocycles. The molecule has 0 aromatic carbocycles. The van der Waals surface area contributed by atoms with Gasteiger partial charge in [0.2, 0.25) is 0 Å². The molecule has 0 amide bonds. The molecule has 4 nitrogen and oxygen atoms in total. The second kappa shape index (κ2) is 10.7. The Morgan fingerprint density at radius 2 is 1.96 bits per heavy atom. The fourth-order valence-corrected chi connectivity index (χ4v) is 3.40. The van der Waals surface area contributed by atoms with Gasteiger partial charge in [0.1, 0.15) is 0 Å². The van der Waals surface area contributed by atoms with Crippen LogP contribution in [0, 0.1) is 11.3 Å². The second-order valence-electron chi connectivity index (χ2n) is 7.63. The molecule has 1 unspecified atom stereocenters. The zero-order chi connectivity index (χ0) is 15.8. The van der Waals surface area contributed by atoms with Gasteiger partial charge < -0.3 is 15.4 Å². The SMILES string of the molecule is CCNC(=NCC1(C)COC1)NC(C)CCC1CCCCC1.I. The summed E-state index contributed by atoms with van der Waals surface area (Å²) in [4.78, 5) is 4.76. The monoisotopic (exact) mass is 437 g/mol. The summed E-state index contributed by atoms with van der Waals surface area (Å²) in [5, 5.41) is 6.95. The molecule has 2 aliphatic rings. The molecule has 2 fully saturated rings. The lowest BCUT2D eigenvalue weighted by atomic mass is 9.85. The topological polar surface area (TPSA) is 45.7 Å². The van der Waals surface area contributed by atoms with E-state index in [0.29, 0.717) is 6.04 Å². The lowest BCUT2D eigenvalue weighted by molar-refractivity contribution is -0.0945. The summed E-state index contributed by atoms with van der Waals surface area (Å²) in [6.07, 6.45) is 9.82. The Hall–Kier alpha value is -0.0400. The van der Waals surface area contributed by atoms with Crippen LogP contribution in [-0.4, -0.2) is 38.3 Å². The standard InChI is InChI=1S/C18H35N3O.HI/c1-4-19-17(20-12-18(3)13-22-14-18)21-15(2)10-11-16-8-6-5-7-9-16;/h15-16H,4-14H2,1-3H3,(H2,19,20,21);1H. The average molecular weight is 437 g/mol. The van der Waals surface area contributed by atoms with Crippen molar-refractivity contribution >= 4 is 29.9 Å². The highest BCUT2D eigenvalue weighted by Crippen LogP contribution is 2.28. The van der Waals surface area contributed by atoms with E-state index in [1.165, 1.54) is 44.9 Å². The van der Waals surface area contributed by atoms with Crippen molar-refractivity contribution in [1.29, 1.82) is 0 Å². The minimum atomic E-state index is 0. The lowest BCUT2D eigenvalue weighted by Crippen LogP contribution is -2.46. The molecule has 1 saturated carbocycles. The Bertz CT molecular complexity index is 352. The van der Waals surface area contributed by atoms with Crippen LogP contribution in [0.15, 0.2) is 4.99 Å². The van der Waals surface area contributed by atoms with Gasteiger partial charge in [-0.1, -0.05) is 39.0 Å². The number of rotatable bonds is 7. The summed E-state index contributed by atoms with van der Waals surface area (Å²) in [7, 11) is 0. The van der Waals surface area contributed by atoms with Gasteiger partial charge in [-0.3, -0.25) is 4.99 Å². The molecule has 0 aromatic heterocycles. The first kappa shape index (κ1) is 21.0. The van der Waals surface area contributed by atoms with Crippen LogP contribution in [0.5, 0.6) is 0 Å². The van der Waals surface area contributed by atoms with Crippen molar-refractivity contribution in [3.8, 4) is 0 Å². The van der Waals surface area contributed by atoms with Crippen LogP contribution in [0.3, 0.4) is 0 Å². The number of halogens is 1. The summed E-state index contributed by atoms with van der Waals surface area (Å²) in [6, 6.07) is 0.491. The fraction of sp³-hybridized carbons (Fsp3) is 0.944. The molecule has 1 heterocycles. The normalized spacial score (nSPS) is 22.7. The van der Waals surface area contributed by atoms with Gasteiger partial charge in [0.25, 0.3) is 0 Å². The second-order valence-corrected chi connectivity index (χ2v) is 7.63. The number of hydrogen-bond donors (Lipinski definition) is 2. The van der Waals surface area contributed by atoms with E-state index in [0.717, 1.165) is 38.2 Å². The highest BCUT2D eigenvalue weighted by Gasteiger charge is 2.33. The highest BCUT2D eigenvalue weighted by atomic mass is 127. The molecule has 0 spiro atoms. The summed E-state index contributed by atoms with van der Waals surface area (Å²) < 4.78 is 5.31. The Morgan fingerprint density at radius 1 is 1.26 bits per heavy atom. The molecule has 5 heteroatoms. The van der Waals surface area contributed by atoms with E-state index in [1.54, 1.807) is 0 Å². The molecule has 1 saturated heterocycles. The van der Waals surface area contributed by atoms with Gasteiger partial charge in [-0.15, -0.1) is 24.0 Å². The summed E-state index contributed by atoms with van der Waals surface area (Å²) in [5.74, 6) is 1.93. The predicted molar refractivity (Wildman–Crippen MR) is 109 cm³/mol. The molecule has 136 valence electrons. The van der Waals surface area contributed by atoms with E-state index < -0.39 is 0 Å². The third-order valence-corrected chi connectivity index (χ3v) is 4.98. The van der Waals surface area contributed by atoms with Gasteiger partial charge in [-0.05, 0) is 32.6 Å². The van der Waals surface area contributed by atoms with Crippen LogP contribution in [0.4, 0.5) is 0 Å². The minimum Gasteiger partial charge on any atom is -0.380 e. The van der Waals surface area contributed by atoms with E-state index >= 15 is 0 Å². The summed E-state index contributed by atoms with van der Waals surface area (Å²) in [5.41, 5.74) is 0.244. The van der Waals surface area contributed by atoms with Crippen LogP contribution >= 0.6 is 24.0 Å². The summed E-state index contributed by atoms with van der Waals surface area (Å²) in [6.45, 7) is 10.1. The molecule has 1 atom stereocenters. The highest BCUT2D eigenvalue weighted by molar-refractivity contribution is 14.0. The van der Waals surface area contributed by atoms with E-state index in [2.05, 4.69) is 31.4 Å². The molecular weight excluding hydrogens is 401 g/mol. The Kier molecular flexibility index (Phi) is 9.82. The number of aliphatic imine (C=N–C) groups is 1. The van der Waals surface area contributed by atoms with E-state index in [9.17, 15) is 0 Å². The van der Waals surface area contributed by atoms with Crippen LogP contribution in [0.2, 0.25) is 0 Å². The average Bonchev–Trinajstić information content (AvgIpc) is 2.50. The van der Waals surface area contributed by atoms with E-state index in [-0.39, 0.29) is 29.4 Å². The smallest absolute Gasteiger partial charge is 0.191 e. The number of nitrogens with one attached hydrogen (secondary N) is 2. The van der Waals surface area contributed by atoms with Crippen LogP contribution in [0.25, 0.3) is 0 Å². The Balaban J connectivity index is 0.00000264. The van der Waals surface area contributed by atoms with Crippen molar-refractivity contribution < 1.29 is 4.74 Å².